The zero-order valence-corrected chi connectivity index (χ0v) is 10.3. The predicted molar refractivity (Wildman–Crippen MR) is 62.3 cm³/mol. The Labute approximate surface area is 102 Å². The minimum absolute atomic E-state index is 0.165. The summed E-state index contributed by atoms with van der Waals surface area (Å²) >= 11 is 0. The fourth-order valence-electron chi connectivity index (χ4n) is 2.52. The van der Waals surface area contributed by atoms with Crippen molar-refractivity contribution in [3.8, 4) is 0 Å². The Morgan fingerprint density at radius 3 is 2.65 bits per heavy atom. The molecule has 0 spiro atoms. The van der Waals surface area contributed by atoms with Crippen LogP contribution >= 0.6 is 0 Å². The molecular formula is C13H20O4. The van der Waals surface area contributed by atoms with Crippen LogP contribution in [0.25, 0.3) is 0 Å². The average molecular weight is 240 g/mol. The zero-order chi connectivity index (χ0) is 12.3. The molecule has 2 unspecified atom stereocenters. The Kier molecular flexibility index (Phi) is 4.18. The first kappa shape index (κ1) is 12.6. The molecule has 2 atom stereocenters. The van der Waals surface area contributed by atoms with Crippen molar-refractivity contribution in [2.24, 2.45) is 5.92 Å². The van der Waals surface area contributed by atoms with E-state index in [1.54, 1.807) is 0 Å². The molecule has 1 aliphatic heterocycles. The number of carbonyl (C=O) groups is 1. The molecule has 0 bridgehead atoms. The van der Waals surface area contributed by atoms with Crippen LogP contribution in [0.1, 0.15) is 32.1 Å². The molecule has 2 rings (SSSR count). The molecule has 96 valence electrons. The minimum Gasteiger partial charge on any atom is -0.466 e. The lowest BCUT2D eigenvalue weighted by molar-refractivity contribution is -0.138. The third-order valence-corrected chi connectivity index (χ3v) is 3.58. The van der Waals surface area contributed by atoms with Gasteiger partial charge in [-0.1, -0.05) is 25.8 Å². The molecule has 4 heteroatoms. The molecule has 1 heterocycles. The third-order valence-electron chi connectivity index (χ3n) is 3.58. The summed E-state index contributed by atoms with van der Waals surface area (Å²) in [7, 11) is 1.35. The van der Waals surface area contributed by atoms with Gasteiger partial charge in [0, 0.05) is 5.92 Å². The fraction of sp³-hybridized carbons (Fsp3) is 0.769. The number of rotatable bonds is 3. The Balaban J connectivity index is 1.86. The zero-order valence-electron chi connectivity index (χ0n) is 10.3. The van der Waals surface area contributed by atoms with Crippen molar-refractivity contribution < 1.29 is 19.0 Å². The van der Waals surface area contributed by atoms with Crippen molar-refractivity contribution in [1.82, 2.24) is 0 Å². The molecule has 0 radical (unpaired) electrons. The average Bonchev–Trinajstić information content (AvgIpc) is 2.87. The van der Waals surface area contributed by atoms with Gasteiger partial charge in [0.1, 0.15) is 6.10 Å². The summed E-state index contributed by atoms with van der Waals surface area (Å²) in [4.78, 5) is 11.3. The van der Waals surface area contributed by atoms with Crippen LogP contribution in [0.4, 0.5) is 0 Å². The standard InChI is InChI=1S/C13H20O4/c1-9(12(14)15-2)11-8-16-13(17-11)10-6-4-3-5-7-10/h10-11,13H,1,3-8H2,2H3. The topological polar surface area (TPSA) is 44.8 Å². The summed E-state index contributed by atoms with van der Waals surface area (Å²) in [5.41, 5.74) is 0.353. The van der Waals surface area contributed by atoms with Gasteiger partial charge in [-0.05, 0) is 12.8 Å². The number of ether oxygens (including phenoxy) is 3. The maximum Gasteiger partial charge on any atom is 0.335 e. The molecule has 2 fully saturated rings. The van der Waals surface area contributed by atoms with E-state index in [4.69, 9.17) is 9.47 Å². The minimum atomic E-state index is -0.414. The highest BCUT2D eigenvalue weighted by atomic mass is 16.7. The molecule has 0 N–H and O–H groups in total. The molecule has 1 saturated heterocycles. The van der Waals surface area contributed by atoms with E-state index < -0.39 is 5.97 Å². The monoisotopic (exact) mass is 240 g/mol. The van der Waals surface area contributed by atoms with Crippen LogP contribution < -0.4 is 0 Å². The maximum atomic E-state index is 11.3. The highest BCUT2D eigenvalue weighted by Gasteiger charge is 2.36. The normalized spacial score (nSPS) is 30.2. The predicted octanol–water partition coefficient (Wildman–Crippen LogP) is 2.04. The van der Waals surface area contributed by atoms with E-state index in [0.717, 1.165) is 12.8 Å². The van der Waals surface area contributed by atoms with Crippen molar-refractivity contribution >= 4 is 5.97 Å². The van der Waals surface area contributed by atoms with Crippen LogP contribution in [0.15, 0.2) is 12.2 Å². The van der Waals surface area contributed by atoms with Gasteiger partial charge in [0.15, 0.2) is 6.29 Å². The lowest BCUT2D eigenvalue weighted by Crippen LogP contribution is -2.26. The van der Waals surface area contributed by atoms with E-state index in [-0.39, 0.29) is 12.4 Å². The first-order valence-electron chi connectivity index (χ1n) is 6.26. The quantitative estimate of drug-likeness (QED) is 0.559. The highest BCUT2D eigenvalue weighted by molar-refractivity contribution is 5.88. The Hall–Kier alpha value is -0.870. The number of esters is 1. The number of hydrogen-bond donors (Lipinski definition) is 0. The van der Waals surface area contributed by atoms with Crippen molar-refractivity contribution in [2.45, 2.75) is 44.5 Å². The third kappa shape index (κ3) is 2.87. The van der Waals surface area contributed by atoms with Crippen molar-refractivity contribution in [3.05, 3.63) is 12.2 Å². The first-order chi connectivity index (χ1) is 8.22. The Morgan fingerprint density at radius 1 is 1.29 bits per heavy atom. The van der Waals surface area contributed by atoms with E-state index in [2.05, 4.69) is 11.3 Å². The molecule has 0 aromatic carbocycles. The number of methoxy groups -OCH3 is 1. The van der Waals surface area contributed by atoms with Gasteiger partial charge in [0.25, 0.3) is 0 Å². The summed E-state index contributed by atoms with van der Waals surface area (Å²) in [6, 6.07) is 0. The molecule has 2 aliphatic rings. The summed E-state index contributed by atoms with van der Waals surface area (Å²) in [5.74, 6) is 0.0575. The summed E-state index contributed by atoms with van der Waals surface area (Å²) in [6.07, 6.45) is 5.61. The SMILES string of the molecule is C=C(C(=O)OC)C1COC(C2CCCCC2)O1. The summed E-state index contributed by atoms with van der Waals surface area (Å²) in [5, 5.41) is 0. The molecule has 0 amide bonds. The summed E-state index contributed by atoms with van der Waals surface area (Å²) in [6.45, 7) is 4.12. The van der Waals surface area contributed by atoms with Gasteiger partial charge in [-0.3, -0.25) is 0 Å². The molecule has 0 aromatic heterocycles. The van der Waals surface area contributed by atoms with Crippen molar-refractivity contribution in [1.29, 1.82) is 0 Å². The van der Waals surface area contributed by atoms with Gasteiger partial charge in [0.05, 0.1) is 19.3 Å². The maximum absolute atomic E-state index is 11.3. The second kappa shape index (κ2) is 5.65. The smallest absolute Gasteiger partial charge is 0.335 e. The Morgan fingerprint density at radius 2 is 2.00 bits per heavy atom. The second-order valence-corrected chi connectivity index (χ2v) is 4.74. The highest BCUT2D eigenvalue weighted by Crippen LogP contribution is 2.32. The van der Waals surface area contributed by atoms with E-state index in [0.29, 0.717) is 18.1 Å². The molecule has 0 aromatic rings. The molecule has 17 heavy (non-hydrogen) atoms. The van der Waals surface area contributed by atoms with Crippen LogP contribution in [0.3, 0.4) is 0 Å². The van der Waals surface area contributed by atoms with Gasteiger partial charge < -0.3 is 14.2 Å². The van der Waals surface area contributed by atoms with E-state index in [1.165, 1.54) is 26.4 Å². The van der Waals surface area contributed by atoms with Gasteiger partial charge in [-0.25, -0.2) is 4.79 Å². The van der Waals surface area contributed by atoms with Crippen LogP contribution in [-0.2, 0) is 19.0 Å². The van der Waals surface area contributed by atoms with Gasteiger partial charge in [-0.2, -0.15) is 0 Å². The summed E-state index contributed by atoms with van der Waals surface area (Å²) < 4.78 is 16.0. The number of hydrogen-bond acceptors (Lipinski definition) is 4. The van der Waals surface area contributed by atoms with Crippen LogP contribution in [0.5, 0.6) is 0 Å². The lowest BCUT2D eigenvalue weighted by Gasteiger charge is -2.26. The van der Waals surface area contributed by atoms with E-state index in [1.807, 2.05) is 0 Å². The van der Waals surface area contributed by atoms with Gasteiger partial charge in [0.2, 0.25) is 0 Å². The van der Waals surface area contributed by atoms with Crippen molar-refractivity contribution in [2.75, 3.05) is 13.7 Å². The molecular weight excluding hydrogens is 220 g/mol. The molecule has 4 nitrogen and oxygen atoms in total. The van der Waals surface area contributed by atoms with E-state index >= 15 is 0 Å². The van der Waals surface area contributed by atoms with Crippen LogP contribution in [-0.4, -0.2) is 32.1 Å². The fourth-order valence-corrected chi connectivity index (χ4v) is 2.52. The van der Waals surface area contributed by atoms with Crippen molar-refractivity contribution in [3.63, 3.8) is 0 Å². The Bertz CT molecular complexity index is 294. The van der Waals surface area contributed by atoms with Crippen LogP contribution in [0.2, 0.25) is 0 Å². The number of carbonyl (C=O) groups excluding carboxylic acids is 1. The first-order valence-corrected chi connectivity index (χ1v) is 6.26. The lowest BCUT2D eigenvalue weighted by atomic mass is 9.89. The van der Waals surface area contributed by atoms with E-state index in [9.17, 15) is 4.79 Å². The van der Waals surface area contributed by atoms with Gasteiger partial charge >= 0.3 is 5.97 Å². The largest absolute Gasteiger partial charge is 0.466 e. The molecule has 1 aliphatic carbocycles. The van der Waals surface area contributed by atoms with Gasteiger partial charge in [-0.15, -0.1) is 0 Å². The second-order valence-electron chi connectivity index (χ2n) is 4.74. The molecule has 1 saturated carbocycles. The van der Waals surface area contributed by atoms with Crippen LogP contribution in [0, 0.1) is 5.92 Å².